The lowest BCUT2D eigenvalue weighted by Gasteiger charge is -2.27. The van der Waals surface area contributed by atoms with Gasteiger partial charge in [0.15, 0.2) is 0 Å². The summed E-state index contributed by atoms with van der Waals surface area (Å²) in [5.74, 6) is 0. The van der Waals surface area contributed by atoms with Crippen molar-refractivity contribution in [1.29, 1.82) is 0 Å². The smallest absolute Gasteiger partial charge is 0.280 e. The summed E-state index contributed by atoms with van der Waals surface area (Å²) in [5.41, 5.74) is 7.21. The molecule has 1 rings (SSSR count). The van der Waals surface area contributed by atoms with Crippen molar-refractivity contribution in [2.75, 3.05) is 5.73 Å². The van der Waals surface area contributed by atoms with Crippen LogP contribution >= 0.6 is 0 Å². The lowest BCUT2D eigenvalue weighted by molar-refractivity contribution is 0.340. The lowest BCUT2D eigenvalue weighted by atomic mass is 10.2. The minimum Gasteiger partial charge on any atom is -0.399 e. The molecule has 6 heteroatoms. The molecule has 5 nitrogen and oxygen atoms in total. The second kappa shape index (κ2) is 6.36. The average molecular weight is 285 g/mol. The van der Waals surface area contributed by atoms with Crippen molar-refractivity contribution >= 4 is 15.9 Å². The van der Waals surface area contributed by atoms with Crippen LogP contribution in [0.1, 0.15) is 33.3 Å². The fourth-order valence-electron chi connectivity index (χ4n) is 1.71. The van der Waals surface area contributed by atoms with Gasteiger partial charge < -0.3 is 5.73 Å². The third-order valence-electron chi connectivity index (χ3n) is 2.59. The van der Waals surface area contributed by atoms with Crippen molar-refractivity contribution in [3.63, 3.8) is 0 Å². The van der Waals surface area contributed by atoms with E-state index in [9.17, 15) is 8.42 Å². The minimum absolute atomic E-state index is 0.117. The van der Waals surface area contributed by atoms with Crippen LogP contribution in [0.4, 0.5) is 5.69 Å². The fraction of sp³-hybridized carbons (Fsp3) is 0.538. The molecule has 19 heavy (non-hydrogen) atoms. The summed E-state index contributed by atoms with van der Waals surface area (Å²) in [5, 5.41) is 0. The molecule has 0 spiro atoms. The minimum atomic E-state index is -3.48. The van der Waals surface area contributed by atoms with Crippen molar-refractivity contribution in [2.45, 2.75) is 46.3 Å². The van der Waals surface area contributed by atoms with Gasteiger partial charge in [-0.2, -0.15) is 17.4 Å². The molecule has 0 aliphatic carbocycles. The Morgan fingerprint density at radius 1 is 1.16 bits per heavy atom. The van der Waals surface area contributed by atoms with E-state index >= 15 is 0 Å². The van der Waals surface area contributed by atoms with Crippen LogP contribution in [-0.2, 0) is 16.8 Å². The summed E-state index contributed by atoms with van der Waals surface area (Å²) in [6.07, 6.45) is 0. The zero-order valence-electron chi connectivity index (χ0n) is 11.9. The van der Waals surface area contributed by atoms with E-state index in [1.807, 2.05) is 26.0 Å². The molecule has 0 heterocycles. The van der Waals surface area contributed by atoms with Crippen molar-refractivity contribution in [3.8, 4) is 0 Å². The van der Waals surface area contributed by atoms with Gasteiger partial charge in [-0.3, -0.25) is 0 Å². The van der Waals surface area contributed by atoms with Crippen molar-refractivity contribution in [3.05, 3.63) is 29.8 Å². The number of nitrogens with zero attached hydrogens (tertiary/aromatic N) is 1. The third kappa shape index (κ3) is 4.81. The maximum atomic E-state index is 12.2. The molecule has 0 unspecified atom stereocenters. The highest BCUT2D eigenvalue weighted by Crippen LogP contribution is 2.14. The molecule has 0 radical (unpaired) electrons. The van der Waals surface area contributed by atoms with Gasteiger partial charge in [0.25, 0.3) is 10.2 Å². The number of nitrogen functional groups attached to an aromatic ring is 1. The molecule has 0 saturated heterocycles. The number of nitrogens with two attached hydrogens (primary N) is 1. The Bertz CT molecular complexity index is 495. The van der Waals surface area contributed by atoms with E-state index in [-0.39, 0.29) is 12.1 Å². The van der Waals surface area contributed by atoms with Crippen LogP contribution < -0.4 is 10.5 Å². The first-order chi connectivity index (χ1) is 8.72. The van der Waals surface area contributed by atoms with Gasteiger partial charge in [-0.05, 0) is 45.4 Å². The highest BCUT2D eigenvalue weighted by molar-refractivity contribution is 7.87. The van der Waals surface area contributed by atoms with Crippen LogP contribution in [-0.4, -0.2) is 24.8 Å². The van der Waals surface area contributed by atoms with Gasteiger partial charge in [0.05, 0.1) is 0 Å². The standard InChI is InChI=1S/C13H23N3O2S/c1-10(2)15-19(17,18)16(11(3)4)9-12-5-7-13(14)8-6-12/h5-8,10-11,15H,9,14H2,1-4H3. The first kappa shape index (κ1) is 15.9. The van der Waals surface area contributed by atoms with E-state index in [0.29, 0.717) is 12.2 Å². The number of nitrogens with one attached hydrogen (secondary N) is 1. The quantitative estimate of drug-likeness (QED) is 0.781. The SMILES string of the molecule is CC(C)NS(=O)(=O)N(Cc1ccc(N)cc1)C(C)C. The first-order valence-corrected chi connectivity index (χ1v) is 7.80. The number of benzene rings is 1. The van der Waals surface area contributed by atoms with E-state index in [0.717, 1.165) is 5.56 Å². The van der Waals surface area contributed by atoms with Gasteiger partial charge in [0, 0.05) is 24.3 Å². The number of anilines is 1. The Labute approximate surface area is 116 Å². The predicted octanol–water partition coefficient (Wildman–Crippen LogP) is 1.72. The van der Waals surface area contributed by atoms with Gasteiger partial charge in [-0.1, -0.05) is 12.1 Å². The zero-order valence-corrected chi connectivity index (χ0v) is 12.7. The molecule has 0 aliphatic heterocycles. The maximum absolute atomic E-state index is 12.2. The van der Waals surface area contributed by atoms with E-state index < -0.39 is 10.2 Å². The molecular weight excluding hydrogens is 262 g/mol. The number of hydrogen-bond acceptors (Lipinski definition) is 3. The summed E-state index contributed by atoms with van der Waals surface area (Å²) in [7, 11) is -3.48. The Hall–Kier alpha value is -1.11. The van der Waals surface area contributed by atoms with Crippen molar-refractivity contribution in [1.82, 2.24) is 9.03 Å². The van der Waals surface area contributed by atoms with Gasteiger partial charge in [-0.25, -0.2) is 0 Å². The maximum Gasteiger partial charge on any atom is 0.280 e. The van der Waals surface area contributed by atoms with E-state index in [4.69, 9.17) is 5.73 Å². The summed E-state index contributed by atoms with van der Waals surface area (Å²) in [6.45, 7) is 7.66. The van der Waals surface area contributed by atoms with E-state index in [1.165, 1.54) is 4.31 Å². The van der Waals surface area contributed by atoms with Crippen LogP contribution in [0.25, 0.3) is 0 Å². The fourth-order valence-corrected chi connectivity index (χ4v) is 3.32. The van der Waals surface area contributed by atoms with Gasteiger partial charge >= 0.3 is 0 Å². The van der Waals surface area contributed by atoms with Crippen LogP contribution in [0.2, 0.25) is 0 Å². The summed E-state index contributed by atoms with van der Waals surface area (Å²) in [6, 6.07) is 6.99. The van der Waals surface area contributed by atoms with Crippen LogP contribution in [0, 0.1) is 0 Å². The summed E-state index contributed by atoms with van der Waals surface area (Å²) < 4.78 is 28.5. The second-order valence-electron chi connectivity index (χ2n) is 5.16. The molecule has 0 atom stereocenters. The Kier molecular flexibility index (Phi) is 5.34. The molecule has 0 fully saturated rings. The molecular formula is C13H23N3O2S. The second-order valence-corrected chi connectivity index (χ2v) is 6.81. The van der Waals surface area contributed by atoms with Crippen LogP contribution in [0.5, 0.6) is 0 Å². The summed E-state index contributed by atoms with van der Waals surface area (Å²) >= 11 is 0. The highest BCUT2D eigenvalue weighted by atomic mass is 32.2. The number of hydrogen-bond donors (Lipinski definition) is 2. The molecule has 0 amide bonds. The lowest BCUT2D eigenvalue weighted by Crippen LogP contribution is -2.46. The van der Waals surface area contributed by atoms with E-state index in [2.05, 4.69) is 4.72 Å². The average Bonchev–Trinajstić information content (AvgIpc) is 2.25. The molecule has 108 valence electrons. The van der Waals surface area contributed by atoms with Crippen LogP contribution in [0.15, 0.2) is 24.3 Å². The first-order valence-electron chi connectivity index (χ1n) is 6.36. The largest absolute Gasteiger partial charge is 0.399 e. The van der Waals surface area contributed by atoms with Gasteiger partial charge in [0.1, 0.15) is 0 Å². The van der Waals surface area contributed by atoms with E-state index in [1.54, 1.807) is 26.0 Å². The Morgan fingerprint density at radius 2 is 1.68 bits per heavy atom. The number of rotatable bonds is 6. The van der Waals surface area contributed by atoms with Crippen molar-refractivity contribution in [2.24, 2.45) is 0 Å². The molecule has 1 aromatic carbocycles. The molecule has 0 aliphatic rings. The molecule has 0 aromatic heterocycles. The van der Waals surface area contributed by atoms with Crippen molar-refractivity contribution < 1.29 is 8.42 Å². The highest BCUT2D eigenvalue weighted by Gasteiger charge is 2.25. The summed E-state index contributed by atoms with van der Waals surface area (Å²) in [4.78, 5) is 0. The molecule has 1 aromatic rings. The van der Waals surface area contributed by atoms with Crippen LogP contribution in [0.3, 0.4) is 0 Å². The normalized spacial score (nSPS) is 12.6. The Morgan fingerprint density at radius 3 is 2.11 bits per heavy atom. The molecule has 3 N–H and O–H groups in total. The van der Waals surface area contributed by atoms with Gasteiger partial charge in [-0.15, -0.1) is 0 Å². The topological polar surface area (TPSA) is 75.4 Å². The Balaban J connectivity index is 2.93. The molecule has 0 bridgehead atoms. The van der Waals surface area contributed by atoms with Gasteiger partial charge in [0.2, 0.25) is 0 Å². The zero-order chi connectivity index (χ0) is 14.6. The predicted molar refractivity (Wildman–Crippen MR) is 78.7 cm³/mol. The molecule has 0 saturated carbocycles. The third-order valence-corrected chi connectivity index (χ3v) is 4.52. The monoisotopic (exact) mass is 285 g/mol.